The predicted molar refractivity (Wildman–Crippen MR) is 64.2 cm³/mol. The Morgan fingerprint density at radius 3 is 1.45 bits per heavy atom. The first-order valence-electron chi connectivity index (χ1n) is 4.07. The summed E-state index contributed by atoms with van der Waals surface area (Å²) in [7, 11) is 0. The van der Waals surface area contributed by atoms with Crippen LogP contribution < -0.4 is 0 Å². The fourth-order valence-corrected chi connectivity index (χ4v) is 2.77. The van der Waals surface area contributed by atoms with Gasteiger partial charge in [-0.2, -0.15) is 0 Å². The molecule has 0 bridgehead atoms. The van der Waals surface area contributed by atoms with Crippen LogP contribution in [0.3, 0.4) is 0 Å². The topological polar surface area (TPSA) is 20.2 Å². The SMILES string of the molecule is CC(C)P(C)(I)(CO)C(C)C. The van der Waals surface area contributed by atoms with E-state index >= 15 is 0 Å². The molecule has 0 amide bonds. The Labute approximate surface area is 83.4 Å². The maximum absolute atomic E-state index is 9.44. The van der Waals surface area contributed by atoms with Gasteiger partial charge in [-0.3, -0.25) is 0 Å². The minimum atomic E-state index is -1.82. The van der Waals surface area contributed by atoms with Gasteiger partial charge in [-0.15, -0.1) is 0 Å². The molecule has 0 saturated carbocycles. The van der Waals surface area contributed by atoms with E-state index in [0.29, 0.717) is 17.7 Å². The normalized spacial score (nSPS) is 17.0. The van der Waals surface area contributed by atoms with Gasteiger partial charge in [-0.25, -0.2) is 0 Å². The van der Waals surface area contributed by atoms with Crippen molar-refractivity contribution in [2.45, 2.75) is 39.0 Å². The Kier molecular flexibility index (Phi) is 3.82. The summed E-state index contributed by atoms with van der Waals surface area (Å²) in [5.41, 5.74) is 1.23. The van der Waals surface area contributed by atoms with E-state index in [4.69, 9.17) is 0 Å². The molecule has 0 aromatic rings. The van der Waals surface area contributed by atoms with Crippen LogP contribution in [0.5, 0.6) is 0 Å². The number of hydrogen-bond acceptors (Lipinski definition) is 1. The molecule has 0 rings (SSSR count). The molecule has 0 aromatic heterocycles. The van der Waals surface area contributed by atoms with E-state index in [2.05, 4.69) is 56.4 Å². The van der Waals surface area contributed by atoms with Gasteiger partial charge in [0.15, 0.2) is 0 Å². The molecule has 0 saturated heterocycles. The van der Waals surface area contributed by atoms with Crippen LogP contribution >= 0.6 is 26.3 Å². The van der Waals surface area contributed by atoms with Crippen molar-refractivity contribution >= 4 is 26.3 Å². The van der Waals surface area contributed by atoms with Crippen molar-refractivity contribution < 1.29 is 5.11 Å². The Morgan fingerprint density at radius 1 is 1.18 bits per heavy atom. The Balaban J connectivity index is 4.80. The van der Waals surface area contributed by atoms with Crippen LogP contribution in [0.4, 0.5) is 0 Å². The summed E-state index contributed by atoms with van der Waals surface area (Å²) < 4.78 is -1.82. The Morgan fingerprint density at radius 2 is 1.45 bits per heavy atom. The first-order chi connectivity index (χ1) is 4.74. The van der Waals surface area contributed by atoms with Gasteiger partial charge in [0.05, 0.1) is 0 Å². The standard InChI is InChI=1S/C8H20IOP/c1-7(2)11(5,9,6-10)8(3)4/h7-8,10H,6H2,1-5H3. The zero-order valence-corrected chi connectivity index (χ0v) is 11.2. The zero-order chi connectivity index (χ0) is 9.31. The molecule has 11 heavy (non-hydrogen) atoms. The van der Waals surface area contributed by atoms with Crippen LogP contribution in [-0.2, 0) is 0 Å². The number of rotatable bonds is 3. The van der Waals surface area contributed by atoms with Crippen LogP contribution in [0.1, 0.15) is 27.7 Å². The van der Waals surface area contributed by atoms with Crippen molar-refractivity contribution in [3.8, 4) is 0 Å². The Bertz CT molecular complexity index is 131. The van der Waals surface area contributed by atoms with E-state index in [1.165, 1.54) is 0 Å². The molecule has 0 heterocycles. The van der Waals surface area contributed by atoms with Crippen LogP contribution in [0.25, 0.3) is 0 Å². The van der Waals surface area contributed by atoms with Crippen LogP contribution in [0.15, 0.2) is 0 Å². The van der Waals surface area contributed by atoms with Crippen LogP contribution in [0, 0.1) is 0 Å². The quantitative estimate of drug-likeness (QED) is 0.624. The zero-order valence-electron chi connectivity index (χ0n) is 8.13. The van der Waals surface area contributed by atoms with Gasteiger partial charge in [0.1, 0.15) is 0 Å². The molecule has 1 nitrogen and oxygen atoms in total. The van der Waals surface area contributed by atoms with Crippen molar-refractivity contribution in [3.05, 3.63) is 0 Å². The average molecular weight is 290 g/mol. The van der Waals surface area contributed by atoms with E-state index in [9.17, 15) is 5.11 Å². The summed E-state index contributed by atoms with van der Waals surface area (Å²) in [6.45, 7) is 11.2. The molecule has 0 unspecified atom stereocenters. The van der Waals surface area contributed by atoms with Gasteiger partial charge < -0.3 is 0 Å². The molecule has 0 aliphatic rings. The van der Waals surface area contributed by atoms with E-state index in [0.717, 1.165) is 0 Å². The van der Waals surface area contributed by atoms with Gasteiger partial charge in [0.2, 0.25) is 0 Å². The molecule has 1 N–H and O–H groups in total. The number of aliphatic hydroxyl groups excluding tert-OH is 1. The molecule has 0 fully saturated rings. The van der Waals surface area contributed by atoms with Gasteiger partial charge in [0, 0.05) is 0 Å². The number of hydrogen-bond donors (Lipinski definition) is 1. The summed E-state index contributed by atoms with van der Waals surface area (Å²) in [6.07, 6.45) is 0.376. The van der Waals surface area contributed by atoms with Crippen molar-refractivity contribution in [2.24, 2.45) is 0 Å². The molecule has 0 aromatic carbocycles. The molecule has 70 valence electrons. The molecule has 3 heteroatoms. The predicted octanol–water partition coefficient (Wildman–Crippen LogP) is 3.29. The second kappa shape index (κ2) is 3.47. The molecule has 0 atom stereocenters. The summed E-state index contributed by atoms with van der Waals surface area (Å²) in [6, 6.07) is 0. The third-order valence-electron chi connectivity index (χ3n) is 3.11. The fourth-order valence-electron chi connectivity index (χ4n) is 0.923. The second-order valence-corrected chi connectivity index (χ2v) is 18.5. The van der Waals surface area contributed by atoms with Gasteiger partial charge >= 0.3 is 83.4 Å². The number of aliphatic hydroxyl groups is 1. The van der Waals surface area contributed by atoms with Gasteiger partial charge in [-0.05, 0) is 0 Å². The third kappa shape index (κ3) is 2.07. The molecular weight excluding hydrogens is 270 g/mol. The van der Waals surface area contributed by atoms with Crippen molar-refractivity contribution in [1.29, 1.82) is 0 Å². The first-order valence-corrected chi connectivity index (χ1v) is 9.87. The molecule has 0 spiro atoms. The van der Waals surface area contributed by atoms with Crippen molar-refractivity contribution in [2.75, 3.05) is 13.0 Å². The summed E-state index contributed by atoms with van der Waals surface area (Å²) in [5.74, 6) is 0. The maximum atomic E-state index is 9.44. The van der Waals surface area contributed by atoms with E-state index < -0.39 is 4.25 Å². The molecule has 0 aliphatic heterocycles. The minimum absolute atomic E-state index is 0.376. The molecular formula is C8H20IOP. The van der Waals surface area contributed by atoms with Crippen LogP contribution in [0.2, 0.25) is 0 Å². The summed E-state index contributed by atoms with van der Waals surface area (Å²) in [4.78, 5) is 0. The number of halogens is 1. The fraction of sp³-hybridized carbons (Fsp3) is 1.00. The Hall–Kier alpha value is 1.12. The van der Waals surface area contributed by atoms with Crippen molar-refractivity contribution in [3.63, 3.8) is 0 Å². The van der Waals surface area contributed by atoms with E-state index in [1.807, 2.05) is 0 Å². The van der Waals surface area contributed by atoms with E-state index in [1.54, 1.807) is 0 Å². The monoisotopic (exact) mass is 290 g/mol. The van der Waals surface area contributed by atoms with Crippen molar-refractivity contribution in [1.82, 2.24) is 0 Å². The van der Waals surface area contributed by atoms with Gasteiger partial charge in [0.25, 0.3) is 0 Å². The van der Waals surface area contributed by atoms with Gasteiger partial charge in [-0.1, -0.05) is 0 Å². The summed E-state index contributed by atoms with van der Waals surface area (Å²) >= 11 is 2.53. The molecule has 0 aliphatic carbocycles. The average Bonchev–Trinajstić information content (AvgIpc) is 1.88. The molecule has 0 radical (unpaired) electrons. The third-order valence-corrected chi connectivity index (χ3v) is 16.9. The second-order valence-electron chi connectivity index (χ2n) is 4.16. The van der Waals surface area contributed by atoms with Crippen LogP contribution in [-0.4, -0.2) is 29.4 Å². The van der Waals surface area contributed by atoms with E-state index in [-0.39, 0.29) is 0 Å². The first kappa shape index (κ1) is 12.1. The summed E-state index contributed by atoms with van der Waals surface area (Å²) in [5, 5.41) is 9.44.